The van der Waals surface area contributed by atoms with Crippen LogP contribution in [-0.2, 0) is 0 Å². The monoisotopic (exact) mass is 355 g/mol. The summed E-state index contributed by atoms with van der Waals surface area (Å²) in [6.45, 7) is 3.45. The molecule has 1 fully saturated rings. The van der Waals surface area contributed by atoms with Crippen LogP contribution in [0.15, 0.2) is 6.07 Å². The number of anilines is 2. The van der Waals surface area contributed by atoms with E-state index in [1.807, 2.05) is 0 Å². The largest absolute Gasteiger partial charge is 0.493 e. The number of nitrogen functional groups attached to an aromatic ring is 1. The number of nitrogens with one attached hydrogen (secondary N) is 1. The Labute approximate surface area is 146 Å². The van der Waals surface area contributed by atoms with Gasteiger partial charge in [0.15, 0.2) is 11.5 Å². The average Bonchev–Trinajstić information content (AvgIpc) is 2.60. The SMILES string of the molecule is COc1cc2c(N)nc(N3CCNCC3)nc2c(OC)c1OC.Cl. The highest BCUT2D eigenvalue weighted by atomic mass is 35.5. The van der Waals surface area contributed by atoms with Crippen LogP contribution in [0.5, 0.6) is 17.2 Å². The van der Waals surface area contributed by atoms with Gasteiger partial charge in [0, 0.05) is 26.2 Å². The molecule has 0 radical (unpaired) electrons. The van der Waals surface area contributed by atoms with Crippen LogP contribution in [0.25, 0.3) is 10.9 Å². The van der Waals surface area contributed by atoms with Gasteiger partial charge < -0.3 is 30.2 Å². The van der Waals surface area contributed by atoms with Crippen molar-refractivity contribution in [3.05, 3.63) is 6.07 Å². The molecule has 8 nitrogen and oxygen atoms in total. The van der Waals surface area contributed by atoms with Gasteiger partial charge in [-0.15, -0.1) is 12.4 Å². The molecule has 0 aliphatic carbocycles. The first-order chi connectivity index (χ1) is 11.2. The van der Waals surface area contributed by atoms with Gasteiger partial charge >= 0.3 is 0 Å². The maximum atomic E-state index is 6.16. The van der Waals surface area contributed by atoms with Crippen molar-refractivity contribution < 1.29 is 14.2 Å². The Morgan fingerprint density at radius 3 is 2.29 bits per heavy atom. The van der Waals surface area contributed by atoms with Crippen molar-refractivity contribution in [2.45, 2.75) is 0 Å². The maximum Gasteiger partial charge on any atom is 0.228 e. The topological polar surface area (TPSA) is 94.8 Å². The van der Waals surface area contributed by atoms with E-state index in [1.54, 1.807) is 27.4 Å². The molecule has 0 bridgehead atoms. The van der Waals surface area contributed by atoms with Crippen LogP contribution in [0.4, 0.5) is 11.8 Å². The van der Waals surface area contributed by atoms with Crippen molar-refractivity contribution >= 4 is 35.1 Å². The molecule has 3 rings (SSSR count). The Balaban J connectivity index is 0.00000208. The predicted octanol–water partition coefficient (Wildman–Crippen LogP) is 1.07. The lowest BCUT2D eigenvalue weighted by Crippen LogP contribution is -2.44. The van der Waals surface area contributed by atoms with Crippen LogP contribution in [0.2, 0.25) is 0 Å². The molecule has 2 aromatic rings. The molecule has 0 saturated carbocycles. The zero-order valence-corrected chi connectivity index (χ0v) is 14.8. The fourth-order valence-electron chi connectivity index (χ4n) is 2.75. The second-order valence-corrected chi connectivity index (χ2v) is 5.19. The molecule has 0 atom stereocenters. The van der Waals surface area contributed by atoms with Gasteiger partial charge in [-0.1, -0.05) is 0 Å². The molecular formula is C15H22ClN5O3. The van der Waals surface area contributed by atoms with Gasteiger partial charge in [0.1, 0.15) is 11.3 Å². The van der Waals surface area contributed by atoms with Crippen molar-refractivity contribution in [3.63, 3.8) is 0 Å². The Morgan fingerprint density at radius 1 is 1.04 bits per heavy atom. The minimum absolute atomic E-state index is 0. The number of rotatable bonds is 4. The van der Waals surface area contributed by atoms with Crippen LogP contribution >= 0.6 is 12.4 Å². The molecule has 0 spiro atoms. The highest BCUT2D eigenvalue weighted by Gasteiger charge is 2.22. The highest BCUT2D eigenvalue weighted by Crippen LogP contribution is 2.44. The van der Waals surface area contributed by atoms with E-state index in [0.717, 1.165) is 26.2 Å². The number of nitrogens with zero attached hydrogens (tertiary/aromatic N) is 3. The van der Waals surface area contributed by atoms with E-state index < -0.39 is 0 Å². The van der Waals surface area contributed by atoms with Crippen LogP contribution < -0.4 is 30.2 Å². The third kappa shape index (κ3) is 3.07. The molecule has 132 valence electrons. The minimum Gasteiger partial charge on any atom is -0.493 e. The Morgan fingerprint density at radius 2 is 1.71 bits per heavy atom. The summed E-state index contributed by atoms with van der Waals surface area (Å²) in [4.78, 5) is 11.2. The first-order valence-electron chi connectivity index (χ1n) is 7.41. The Hall–Kier alpha value is -2.19. The van der Waals surface area contributed by atoms with Crippen LogP contribution in [0, 0.1) is 0 Å². The molecule has 0 amide bonds. The van der Waals surface area contributed by atoms with Crippen molar-refractivity contribution in [3.8, 4) is 17.2 Å². The Kier molecular flexibility index (Phi) is 5.74. The van der Waals surface area contributed by atoms with Gasteiger partial charge in [0.2, 0.25) is 11.7 Å². The number of methoxy groups -OCH3 is 3. The Bertz CT molecular complexity index is 722. The van der Waals surface area contributed by atoms with Gasteiger partial charge in [0.05, 0.1) is 26.7 Å². The molecular weight excluding hydrogens is 334 g/mol. The lowest BCUT2D eigenvalue weighted by molar-refractivity contribution is 0.327. The van der Waals surface area contributed by atoms with E-state index >= 15 is 0 Å². The second kappa shape index (κ2) is 7.59. The maximum absolute atomic E-state index is 6.16. The summed E-state index contributed by atoms with van der Waals surface area (Å²) >= 11 is 0. The number of nitrogens with two attached hydrogens (primary N) is 1. The number of fused-ring (bicyclic) bond motifs is 1. The molecule has 1 aliphatic heterocycles. The van der Waals surface area contributed by atoms with Crippen molar-refractivity contribution in [1.82, 2.24) is 15.3 Å². The third-order valence-corrected chi connectivity index (χ3v) is 3.91. The summed E-state index contributed by atoms with van der Waals surface area (Å²) in [5, 5.41) is 3.98. The molecule has 1 aliphatic rings. The first-order valence-corrected chi connectivity index (χ1v) is 7.41. The normalized spacial score (nSPS) is 14.2. The average molecular weight is 356 g/mol. The third-order valence-electron chi connectivity index (χ3n) is 3.91. The van der Waals surface area contributed by atoms with E-state index in [4.69, 9.17) is 19.9 Å². The highest BCUT2D eigenvalue weighted by molar-refractivity contribution is 5.97. The molecule has 24 heavy (non-hydrogen) atoms. The van der Waals surface area contributed by atoms with Gasteiger partial charge in [-0.05, 0) is 6.07 Å². The van der Waals surface area contributed by atoms with Crippen LogP contribution in [-0.4, -0.2) is 57.5 Å². The molecule has 0 unspecified atom stereocenters. The van der Waals surface area contributed by atoms with Crippen molar-refractivity contribution in [2.75, 3.05) is 58.1 Å². The summed E-state index contributed by atoms with van der Waals surface area (Å²) in [6.07, 6.45) is 0. The molecule has 1 aromatic carbocycles. The quantitative estimate of drug-likeness (QED) is 0.841. The molecule has 1 saturated heterocycles. The summed E-state index contributed by atoms with van der Waals surface area (Å²) in [7, 11) is 4.70. The van der Waals surface area contributed by atoms with E-state index in [9.17, 15) is 0 Å². The lowest BCUT2D eigenvalue weighted by atomic mass is 10.2. The standard InChI is InChI=1S/C15H21N5O3.ClH/c1-21-10-8-9-11(13(23-3)12(10)22-2)18-15(19-14(9)16)20-6-4-17-5-7-20;/h8,17H,4-7H2,1-3H3,(H2,16,18,19);1H. The summed E-state index contributed by atoms with van der Waals surface area (Å²) in [5.74, 6) is 2.51. The van der Waals surface area contributed by atoms with E-state index in [1.165, 1.54) is 0 Å². The number of piperazine rings is 1. The zero-order valence-electron chi connectivity index (χ0n) is 14.0. The number of benzene rings is 1. The summed E-state index contributed by atoms with van der Waals surface area (Å²) in [6, 6.07) is 1.77. The lowest BCUT2D eigenvalue weighted by Gasteiger charge is -2.28. The number of aromatic nitrogens is 2. The summed E-state index contributed by atoms with van der Waals surface area (Å²) < 4.78 is 16.3. The smallest absolute Gasteiger partial charge is 0.228 e. The number of halogens is 1. The van der Waals surface area contributed by atoms with Gasteiger partial charge in [-0.3, -0.25) is 0 Å². The van der Waals surface area contributed by atoms with Crippen molar-refractivity contribution in [2.24, 2.45) is 0 Å². The van der Waals surface area contributed by atoms with Gasteiger partial charge in [0.25, 0.3) is 0 Å². The van der Waals surface area contributed by atoms with E-state index in [-0.39, 0.29) is 12.4 Å². The van der Waals surface area contributed by atoms with Crippen LogP contribution in [0.3, 0.4) is 0 Å². The fourth-order valence-corrected chi connectivity index (χ4v) is 2.75. The zero-order chi connectivity index (χ0) is 16.4. The fraction of sp³-hybridized carbons (Fsp3) is 0.467. The predicted molar refractivity (Wildman–Crippen MR) is 95.9 cm³/mol. The number of hydrogen-bond donors (Lipinski definition) is 2. The second-order valence-electron chi connectivity index (χ2n) is 5.19. The first kappa shape index (κ1) is 18.2. The van der Waals surface area contributed by atoms with Crippen LogP contribution in [0.1, 0.15) is 0 Å². The van der Waals surface area contributed by atoms with Crippen molar-refractivity contribution in [1.29, 1.82) is 0 Å². The molecule has 3 N–H and O–H groups in total. The summed E-state index contributed by atoms with van der Waals surface area (Å²) in [5.41, 5.74) is 6.77. The minimum atomic E-state index is 0. The number of hydrogen-bond acceptors (Lipinski definition) is 8. The van der Waals surface area contributed by atoms with E-state index in [2.05, 4.69) is 20.2 Å². The molecule has 2 heterocycles. The number of ether oxygens (including phenoxy) is 3. The van der Waals surface area contributed by atoms with Gasteiger partial charge in [-0.25, -0.2) is 4.98 Å². The van der Waals surface area contributed by atoms with Gasteiger partial charge in [-0.2, -0.15) is 4.98 Å². The molecule has 9 heteroatoms. The molecule has 1 aromatic heterocycles. The van der Waals surface area contributed by atoms with E-state index in [0.29, 0.717) is 39.9 Å².